The number of nitrogens with zero attached hydrogens (tertiary/aromatic N) is 3. The molecule has 0 atom stereocenters. The average molecular weight is 389 g/mol. The topological polar surface area (TPSA) is 59.8 Å². The van der Waals surface area contributed by atoms with Crippen LogP contribution in [0.15, 0.2) is 42.6 Å². The Labute approximate surface area is 162 Å². The van der Waals surface area contributed by atoms with E-state index in [0.29, 0.717) is 34.3 Å². The first-order valence-corrected chi connectivity index (χ1v) is 8.99. The summed E-state index contributed by atoms with van der Waals surface area (Å²) in [6.07, 6.45) is 2.35. The summed E-state index contributed by atoms with van der Waals surface area (Å²) in [6, 6.07) is 10.9. The number of halogens is 2. The third kappa shape index (κ3) is 3.74. The number of pyridine rings is 1. The first-order chi connectivity index (χ1) is 12.5. The van der Waals surface area contributed by atoms with Crippen molar-refractivity contribution in [3.63, 3.8) is 0 Å². The Balaban J connectivity index is 1.91. The molecule has 3 rings (SSSR count). The van der Waals surface area contributed by atoms with Gasteiger partial charge in [0.1, 0.15) is 0 Å². The van der Waals surface area contributed by atoms with Crippen LogP contribution in [0.4, 0.5) is 0 Å². The highest BCUT2D eigenvalue weighted by atomic mass is 35.5. The van der Waals surface area contributed by atoms with Gasteiger partial charge >= 0.3 is 0 Å². The second-order valence-electron chi connectivity index (χ2n) is 5.77. The zero-order chi connectivity index (χ0) is 18.7. The first kappa shape index (κ1) is 18.4. The standard InChI is InChI=1S/C19H18Cl2N4O/c1-3-17-18(19(26)23-11-13-6-4-5-9-22-13)12(2)24-25(17)14-7-8-15(20)16(21)10-14/h4-10H,3,11H2,1-2H3,(H,23,26). The SMILES string of the molecule is CCc1c(C(=O)NCc2ccccn2)c(C)nn1-c1ccc(Cl)c(Cl)c1. The fourth-order valence-corrected chi connectivity index (χ4v) is 3.08. The highest BCUT2D eigenvalue weighted by Crippen LogP contribution is 2.26. The van der Waals surface area contributed by atoms with Crippen molar-refractivity contribution in [1.29, 1.82) is 0 Å². The summed E-state index contributed by atoms with van der Waals surface area (Å²) < 4.78 is 1.74. The largest absolute Gasteiger partial charge is 0.346 e. The molecule has 0 aliphatic heterocycles. The van der Waals surface area contributed by atoms with Crippen LogP contribution in [0.5, 0.6) is 0 Å². The van der Waals surface area contributed by atoms with Gasteiger partial charge in [0.15, 0.2) is 0 Å². The van der Waals surface area contributed by atoms with Gasteiger partial charge in [-0.05, 0) is 43.7 Å². The molecule has 1 amide bonds. The number of rotatable bonds is 5. The van der Waals surface area contributed by atoms with Gasteiger partial charge in [-0.15, -0.1) is 0 Å². The maximum atomic E-state index is 12.7. The number of aromatic nitrogens is 3. The molecular weight excluding hydrogens is 371 g/mol. The van der Waals surface area contributed by atoms with Gasteiger partial charge in [0.25, 0.3) is 5.91 Å². The lowest BCUT2D eigenvalue weighted by atomic mass is 10.1. The molecule has 2 heterocycles. The second kappa shape index (κ2) is 7.89. The Morgan fingerprint density at radius 3 is 2.65 bits per heavy atom. The summed E-state index contributed by atoms with van der Waals surface area (Å²) >= 11 is 12.1. The monoisotopic (exact) mass is 388 g/mol. The van der Waals surface area contributed by atoms with Crippen molar-refractivity contribution >= 4 is 29.1 Å². The van der Waals surface area contributed by atoms with Gasteiger partial charge in [0.2, 0.25) is 0 Å². The number of nitrogens with one attached hydrogen (secondary N) is 1. The molecule has 0 aliphatic carbocycles. The van der Waals surface area contributed by atoms with E-state index in [4.69, 9.17) is 23.2 Å². The number of benzene rings is 1. The molecule has 7 heteroatoms. The van der Waals surface area contributed by atoms with Crippen molar-refractivity contribution in [3.8, 4) is 5.69 Å². The minimum absolute atomic E-state index is 0.170. The molecule has 3 aromatic rings. The maximum absolute atomic E-state index is 12.7. The van der Waals surface area contributed by atoms with E-state index < -0.39 is 0 Å². The van der Waals surface area contributed by atoms with Crippen LogP contribution in [0.2, 0.25) is 10.0 Å². The highest BCUT2D eigenvalue weighted by molar-refractivity contribution is 6.42. The van der Waals surface area contributed by atoms with Crippen LogP contribution >= 0.6 is 23.2 Å². The molecule has 0 aliphatic rings. The Morgan fingerprint density at radius 2 is 2.00 bits per heavy atom. The Bertz CT molecular complexity index is 938. The minimum atomic E-state index is -0.170. The lowest BCUT2D eigenvalue weighted by Gasteiger charge is -2.09. The van der Waals surface area contributed by atoms with Crippen LogP contribution in [0.25, 0.3) is 5.69 Å². The van der Waals surface area contributed by atoms with Gasteiger partial charge in [-0.2, -0.15) is 5.10 Å². The van der Waals surface area contributed by atoms with Crippen molar-refractivity contribution < 1.29 is 4.79 Å². The van der Waals surface area contributed by atoms with E-state index >= 15 is 0 Å². The van der Waals surface area contributed by atoms with E-state index in [9.17, 15) is 4.79 Å². The molecule has 134 valence electrons. The maximum Gasteiger partial charge on any atom is 0.255 e. The smallest absolute Gasteiger partial charge is 0.255 e. The molecule has 0 fully saturated rings. The zero-order valence-corrected chi connectivity index (χ0v) is 16.0. The van der Waals surface area contributed by atoms with Crippen molar-refractivity contribution in [1.82, 2.24) is 20.1 Å². The molecular formula is C19H18Cl2N4O. The molecule has 2 aromatic heterocycles. The van der Waals surface area contributed by atoms with Crippen LogP contribution in [0.3, 0.4) is 0 Å². The molecule has 0 radical (unpaired) electrons. The first-order valence-electron chi connectivity index (χ1n) is 8.23. The minimum Gasteiger partial charge on any atom is -0.346 e. The fraction of sp³-hybridized carbons (Fsp3) is 0.211. The number of amides is 1. The predicted molar refractivity (Wildman–Crippen MR) is 103 cm³/mol. The van der Waals surface area contributed by atoms with Crippen LogP contribution in [0.1, 0.15) is 34.4 Å². The van der Waals surface area contributed by atoms with E-state index in [2.05, 4.69) is 15.4 Å². The van der Waals surface area contributed by atoms with Crippen molar-refractivity contribution in [2.45, 2.75) is 26.8 Å². The lowest BCUT2D eigenvalue weighted by Crippen LogP contribution is -2.24. The highest BCUT2D eigenvalue weighted by Gasteiger charge is 2.21. The van der Waals surface area contributed by atoms with E-state index in [-0.39, 0.29) is 5.91 Å². The summed E-state index contributed by atoms with van der Waals surface area (Å²) in [4.78, 5) is 17.0. The second-order valence-corrected chi connectivity index (χ2v) is 6.59. The zero-order valence-electron chi connectivity index (χ0n) is 14.5. The van der Waals surface area contributed by atoms with E-state index in [1.54, 1.807) is 23.0 Å². The molecule has 0 saturated carbocycles. The molecule has 1 N–H and O–H groups in total. The quantitative estimate of drug-likeness (QED) is 0.705. The van der Waals surface area contributed by atoms with Crippen LogP contribution in [-0.2, 0) is 13.0 Å². The van der Waals surface area contributed by atoms with Crippen molar-refractivity contribution in [3.05, 3.63) is 75.3 Å². The summed E-state index contributed by atoms with van der Waals surface area (Å²) in [7, 11) is 0. The number of aryl methyl sites for hydroxylation is 1. The van der Waals surface area contributed by atoms with Gasteiger partial charge in [0.05, 0.1) is 44.9 Å². The normalized spacial score (nSPS) is 10.8. The van der Waals surface area contributed by atoms with Crippen LogP contribution < -0.4 is 5.32 Å². The molecule has 0 bridgehead atoms. The van der Waals surface area contributed by atoms with Crippen molar-refractivity contribution in [2.24, 2.45) is 0 Å². The average Bonchev–Trinajstić information content (AvgIpc) is 2.99. The number of carbonyl (C=O) groups excluding carboxylic acids is 1. The summed E-state index contributed by atoms with van der Waals surface area (Å²) in [6.45, 7) is 4.17. The molecule has 0 unspecified atom stereocenters. The van der Waals surface area contributed by atoms with E-state index in [0.717, 1.165) is 17.1 Å². The molecule has 26 heavy (non-hydrogen) atoms. The van der Waals surface area contributed by atoms with Gasteiger partial charge in [-0.25, -0.2) is 4.68 Å². The number of hydrogen-bond donors (Lipinski definition) is 1. The molecule has 0 saturated heterocycles. The van der Waals surface area contributed by atoms with Crippen LogP contribution in [-0.4, -0.2) is 20.7 Å². The molecule has 5 nitrogen and oxygen atoms in total. The molecule has 0 spiro atoms. The van der Waals surface area contributed by atoms with E-state index in [1.165, 1.54) is 0 Å². The number of hydrogen-bond acceptors (Lipinski definition) is 3. The summed E-state index contributed by atoms with van der Waals surface area (Å²) in [5.41, 5.74) is 3.62. The fourth-order valence-electron chi connectivity index (χ4n) is 2.79. The molecule has 1 aromatic carbocycles. The third-order valence-electron chi connectivity index (χ3n) is 4.02. The van der Waals surface area contributed by atoms with E-state index in [1.807, 2.05) is 38.1 Å². The third-order valence-corrected chi connectivity index (χ3v) is 4.76. The predicted octanol–water partition coefficient (Wildman–Crippen LogP) is 4.37. The van der Waals surface area contributed by atoms with Crippen molar-refractivity contribution in [2.75, 3.05) is 0 Å². The summed E-state index contributed by atoms with van der Waals surface area (Å²) in [5.74, 6) is -0.170. The summed E-state index contributed by atoms with van der Waals surface area (Å²) in [5, 5.41) is 8.37. The number of carbonyl (C=O) groups is 1. The van der Waals surface area contributed by atoms with Gasteiger partial charge in [-0.3, -0.25) is 9.78 Å². The van der Waals surface area contributed by atoms with Gasteiger partial charge in [0, 0.05) is 6.20 Å². The van der Waals surface area contributed by atoms with Gasteiger partial charge in [-0.1, -0.05) is 36.2 Å². The Kier molecular flexibility index (Phi) is 5.59. The lowest BCUT2D eigenvalue weighted by molar-refractivity contribution is 0.0949. The Hall–Kier alpha value is -2.37. The van der Waals surface area contributed by atoms with Gasteiger partial charge < -0.3 is 5.32 Å². The van der Waals surface area contributed by atoms with Crippen LogP contribution in [0, 0.1) is 6.92 Å². The Morgan fingerprint density at radius 1 is 1.19 bits per heavy atom.